The van der Waals surface area contributed by atoms with Gasteiger partial charge in [0.1, 0.15) is 11.5 Å². The quantitative estimate of drug-likeness (QED) is 0.530. The normalized spacial score (nSPS) is 15.3. The second kappa shape index (κ2) is 9.95. The van der Waals surface area contributed by atoms with Crippen LogP contribution in [0.2, 0.25) is 5.02 Å². The minimum Gasteiger partial charge on any atom is -0.497 e. The first-order valence-electron chi connectivity index (χ1n) is 10.7. The van der Waals surface area contributed by atoms with Crippen LogP contribution in [0.1, 0.15) is 11.1 Å². The molecule has 0 fully saturated rings. The minimum atomic E-state index is -3.95. The summed E-state index contributed by atoms with van der Waals surface area (Å²) in [6.07, 6.45) is -0.382. The van der Waals surface area contributed by atoms with E-state index in [1.165, 1.54) is 23.5 Å². The minimum absolute atomic E-state index is 0.101. The zero-order valence-electron chi connectivity index (χ0n) is 18.8. The standard InChI is InChI=1S/C25H25ClN2O5S/c1-17-3-12-23-22(15-17)28(34(30,31)21-10-8-20(32-2)9-11-21)16-24(33-23)25(29)27-14-13-18-4-6-19(26)7-5-18/h3-12,15,24H,13-14,16H2,1-2H3,(H,27,29)/t24-/m0/s1. The number of aryl methyl sites for hydroxylation is 1. The van der Waals surface area contributed by atoms with Crippen molar-refractivity contribution in [3.05, 3.63) is 82.9 Å². The zero-order chi connectivity index (χ0) is 24.3. The molecule has 0 spiro atoms. The summed E-state index contributed by atoms with van der Waals surface area (Å²) in [7, 11) is -2.43. The summed E-state index contributed by atoms with van der Waals surface area (Å²) in [5.74, 6) is 0.511. The lowest BCUT2D eigenvalue weighted by Crippen LogP contribution is -2.51. The summed E-state index contributed by atoms with van der Waals surface area (Å²) in [5, 5.41) is 3.50. The van der Waals surface area contributed by atoms with E-state index in [1.807, 2.05) is 25.1 Å². The molecule has 9 heteroatoms. The Morgan fingerprint density at radius 2 is 1.82 bits per heavy atom. The van der Waals surface area contributed by atoms with Gasteiger partial charge in [0.25, 0.3) is 15.9 Å². The number of methoxy groups -OCH3 is 1. The van der Waals surface area contributed by atoms with Crippen LogP contribution in [0.4, 0.5) is 5.69 Å². The van der Waals surface area contributed by atoms with Crippen LogP contribution < -0.4 is 19.1 Å². The van der Waals surface area contributed by atoms with Gasteiger partial charge in [0.05, 0.1) is 24.2 Å². The molecule has 0 aliphatic carbocycles. The van der Waals surface area contributed by atoms with Crippen molar-refractivity contribution in [1.82, 2.24) is 5.32 Å². The molecule has 34 heavy (non-hydrogen) atoms. The summed E-state index contributed by atoms with van der Waals surface area (Å²) in [6, 6.07) is 18.8. The van der Waals surface area contributed by atoms with E-state index < -0.39 is 16.1 Å². The van der Waals surface area contributed by atoms with Gasteiger partial charge in [-0.3, -0.25) is 9.10 Å². The molecular formula is C25H25ClN2O5S. The van der Waals surface area contributed by atoms with Gasteiger partial charge in [-0.2, -0.15) is 0 Å². The van der Waals surface area contributed by atoms with Crippen molar-refractivity contribution >= 4 is 33.2 Å². The lowest BCUT2D eigenvalue weighted by Gasteiger charge is -2.35. The second-order valence-corrected chi connectivity index (χ2v) is 10.3. The number of anilines is 1. The number of benzene rings is 3. The fraction of sp³-hybridized carbons (Fsp3) is 0.240. The van der Waals surface area contributed by atoms with E-state index in [9.17, 15) is 13.2 Å². The van der Waals surface area contributed by atoms with Crippen molar-refractivity contribution in [2.75, 3.05) is 24.5 Å². The van der Waals surface area contributed by atoms with Crippen LogP contribution in [0, 0.1) is 6.92 Å². The van der Waals surface area contributed by atoms with Gasteiger partial charge in [-0.1, -0.05) is 29.8 Å². The maximum atomic E-state index is 13.5. The highest BCUT2D eigenvalue weighted by atomic mass is 35.5. The molecule has 1 aliphatic rings. The van der Waals surface area contributed by atoms with Crippen LogP contribution in [-0.4, -0.2) is 40.6 Å². The lowest BCUT2D eigenvalue weighted by molar-refractivity contribution is -0.127. The number of fused-ring (bicyclic) bond motifs is 1. The summed E-state index contributed by atoms with van der Waals surface area (Å²) < 4.78 is 39.4. The third kappa shape index (κ3) is 5.13. The van der Waals surface area contributed by atoms with Gasteiger partial charge in [-0.15, -0.1) is 0 Å². The number of rotatable bonds is 7. The molecule has 0 bridgehead atoms. The number of ether oxygens (including phenoxy) is 2. The third-order valence-corrected chi connectivity index (χ3v) is 7.60. The Hall–Kier alpha value is -3.23. The van der Waals surface area contributed by atoms with E-state index >= 15 is 0 Å². The first kappa shape index (κ1) is 23.9. The number of sulfonamides is 1. The Morgan fingerprint density at radius 1 is 1.12 bits per heavy atom. The van der Waals surface area contributed by atoms with Gasteiger partial charge in [-0.05, 0) is 73.0 Å². The summed E-state index contributed by atoms with van der Waals surface area (Å²) >= 11 is 5.91. The first-order chi connectivity index (χ1) is 16.3. The summed E-state index contributed by atoms with van der Waals surface area (Å²) in [6.45, 7) is 2.11. The topological polar surface area (TPSA) is 84.9 Å². The predicted molar refractivity (Wildman–Crippen MR) is 131 cm³/mol. The van der Waals surface area contributed by atoms with Crippen molar-refractivity contribution in [3.8, 4) is 11.5 Å². The summed E-state index contributed by atoms with van der Waals surface area (Å²) in [5.41, 5.74) is 2.31. The Labute approximate surface area is 204 Å². The molecule has 1 aliphatic heterocycles. The zero-order valence-corrected chi connectivity index (χ0v) is 20.4. The predicted octanol–water partition coefficient (Wildman–Crippen LogP) is 3.97. The fourth-order valence-electron chi connectivity index (χ4n) is 3.70. The second-order valence-electron chi connectivity index (χ2n) is 7.96. The average molecular weight is 501 g/mol. The Balaban J connectivity index is 1.55. The van der Waals surface area contributed by atoms with E-state index in [4.69, 9.17) is 21.1 Å². The molecule has 0 unspecified atom stereocenters. The maximum Gasteiger partial charge on any atom is 0.264 e. The van der Waals surface area contributed by atoms with E-state index in [1.54, 1.807) is 36.4 Å². The SMILES string of the molecule is COc1ccc(S(=O)(=O)N2C[C@@H](C(=O)NCCc3ccc(Cl)cc3)Oc3ccc(C)cc32)cc1. The van der Waals surface area contributed by atoms with Gasteiger partial charge >= 0.3 is 0 Å². The van der Waals surface area contributed by atoms with Crippen LogP contribution in [0.25, 0.3) is 0 Å². The van der Waals surface area contributed by atoms with Crippen molar-refractivity contribution in [2.24, 2.45) is 0 Å². The molecule has 7 nitrogen and oxygen atoms in total. The molecule has 0 saturated heterocycles. The van der Waals surface area contributed by atoms with Crippen LogP contribution in [0.15, 0.2) is 71.6 Å². The number of amides is 1. The summed E-state index contributed by atoms with van der Waals surface area (Å²) in [4.78, 5) is 13.0. The van der Waals surface area contributed by atoms with Crippen LogP contribution in [-0.2, 0) is 21.2 Å². The van der Waals surface area contributed by atoms with Crippen LogP contribution in [0.3, 0.4) is 0 Å². The van der Waals surface area contributed by atoms with Crippen molar-refractivity contribution in [3.63, 3.8) is 0 Å². The molecular weight excluding hydrogens is 476 g/mol. The number of hydrogen-bond acceptors (Lipinski definition) is 5. The van der Waals surface area contributed by atoms with Crippen molar-refractivity contribution in [1.29, 1.82) is 0 Å². The smallest absolute Gasteiger partial charge is 0.264 e. The molecule has 4 rings (SSSR count). The molecule has 1 heterocycles. The molecule has 3 aromatic rings. The number of nitrogens with zero attached hydrogens (tertiary/aromatic N) is 1. The fourth-order valence-corrected chi connectivity index (χ4v) is 5.29. The van der Waals surface area contributed by atoms with Crippen molar-refractivity contribution < 1.29 is 22.7 Å². The number of hydrogen-bond donors (Lipinski definition) is 1. The molecule has 1 atom stereocenters. The van der Waals surface area contributed by atoms with Gasteiger partial charge in [-0.25, -0.2) is 8.42 Å². The number of carbonyl (C=O) groups excluding carboxylic acids is 1. The highest BCUT2D eigenvalue weighted by molar-refractivity contribution is 7.92. The lowest BCUT2D eigenvalue weighted by atomic mass is 10.1. The number of nitrogens with one attached hydrogen (secondary N) is 1. The molecule has 0 radical (unpaired) electrons. The third-order valence-electron chi connectivity index (χ3n) is 5.55. The van der Waals surface area contributed by atoms with Crippen LogP contribution >= 0.6 is 11.6 Å². The average Bonchev–Trinajstić information content (AvgIpc) is 2.84. The molecule has 178 valence electrons. The highest BCUT2D eigenvalue weighted by Gasteiger charge is 2.37. The Bertz CT molecular complexity index is 1280. The van der Waals surface area contributed by atoms with E-state index in [2.05, 4.69) is 5.32 Å². The van der Waals surface area contributed by atoms with Gasteiger partial charge in [0.2, 0.25) is 0 Å². The molecule has 1 amide bonds. The molecule has 0 saturated carbocycles. The molecule has 0 aromatic heterocycles. The van der Waals surface area contributed by atoms with E-state index in [0.29, 0.717) is 35.2 Å². The molecule has 3 aromatic carbocycles. The van der Waals surface area contributed by atoms with Gasteiger partial charge < -0.3 is 14.8 Å². The van der Waals surface area contributed by atoms with Crippen molar-refractivity contribution in [2.45, 2.75) is 24.3 Å². The maximum absolute atomic E-state index is 13.5. The van der Waals surface area contributed by atoms with E-state index in [0.717, 1.165) is 11.1 Å². The number of halogens is 1. The molecule has 1 N–H and O–H groups in total. The van der Waals surface area contributed by atoms with Crippen LogP contribution in [0.5, 0.6) is 11.5 Å². The number of carbonyl (C=O) groups is 1. The van der Waals surface area contributed by atoms with Gasteiger partial charge in [0.15, 0.2) is 6.10 Å². The van der Waals surface area contributed by atoms with E-state index in [-0.39, 0.29) is 17.3 Å². The highest BCUT2D eigenvalue weighted by Crippen LogP contribution is 2.38. The monoisotopic (exact) mass is 500 g/mol. The largest absolute Gasteiger partial charge is 0.497 e. The van der Waals surface area contributed by atoms with Gasteiger partial charge in [0, 0.05) is 11.6 Å². The Kier molecular flexibility index (Phi) is 7.00. The first-order valence-corrected chi connectivity index (χ1v) is 12.6. The Morgan fingerprint density at radius 3 is 2.50 bits per heavy atom.